The minimum atomic E-state index is -0.390. The number of unbranched alkanes of at least 4 members (excludes halogenated alkanes) is 3. The van der Waals surface area contributed by atoms with E-state index in [0.29, 0.717) is 6.61 Å². The van der Waals surface area contributed by atoms with Crippen LogP contribution in [0.3, 0.4) is 0 Å². The zero-order valence-corrected chi connectivity index (χ0v) is 9.58. The van der Waals surface area contributed by atoms with Crippen molar-refractivity contribution >= 4 is 0 Å². The van der Waals surface area contributed by atoms with Crippen LogP contribution in [0.4, 0.5) is 0 Å². The lowest BCUT2D eigenvalue weighted by molar-refractivity contribution is -0.133. The summed E-state index contributed by atoms with van der Waals surface area (Å²) in [6.07, 6.45) is 9.54. The summed E-state index contributed by atoms with van der Waals surface area (Å²) in [5.74, 6) is -0.390. The van der Waals surface area contributed by atoms with E-state index in [1.54, 1.807) is 0 Å². The Balaban J connectivity index is 2.13. The van der Waals surface area contributed by atoms with Crippen LogP contribution in [0.25, 0.3) is 0 Å². The maximum atomic E-state index is 5.65. The Morgan fingerprint density at radius 1 is 1.36 bits per heavy atom. The Morgan fingerprint density at radius 3 is 2.71 bits per heavy atom. The molecule has 14 heavy (non-hydrogen) atoms. The van der Waals surface area contributed by atoms with Gasteiger partial charge in [0.15, 0.2) is 5.79 Å². The van der Waals surface area contributed by atoms with Crippen molar-refractivity contribution in [3.05, 3.63) is 12.2 Å². The van der Waals surface area contributed by atoms with E-state index in [4.69, 9.17) is 9.47 Å². The minimum Gasteiger partial charge on any atom is -0.347 e. The smallest absolute Gasteiger partial charge is 0.163 e. The zero-order valence-electron chi connectivity index (χ0n) is 9.58. The molecular weight excluding hydrogens is 176 g/mol. The van der Waals surface area contributed by atoms with Gasteiger partial charge >= 0.3 is 0 Å². The third-order valence-electron chi connectivity index (χ3n) is 2.36. The van der Waals surface area contributed by atoms with Crippen molar-refractivity contribution in [2.24, 2.45) is 0 Å². The third kappa shape index (κ3) is 4.25. The van der Waals surface area contributed by atoms with Gasteiger partial charge in [0, 0.05) is 0 Å². The number of allylic oxidation sites excluding steroid dienone is 1. The Kier molecular flexibility index (Phi) is 4.63. The number of hydrogen-bond donors (Lipinski definition) is 0. The molecule has 0 radical (unpaired) electrons. The summed E-state index contributed by atoms with van der Waals surface area (Å²) in [7, 11) is 0. The van der Waals surface area contributed by atoms with Gasteiger partial charge < -0.3 is 9.47 Å². The van der Waals surface area contributed by atoms with E-state index in [-0.39, 0.29) is 6.10 Å². The van der Waals surface area contributed by atoms with Crippen molar-refractivity contribution in [3.63, 3.8) is 0 Å². The van der Waals surface area contributed by atoms with Crippen LogP contribution >= 0.6 is 0 Å². The quantitative estimate of drug-likeness (QED) is 0.498. The van der Waals surface area contributed by atoms with Gasteiger partial charge in [-0.05, 0) is 26.7 Å². The average molecular weight is 198 g/mol. The fourth-order valence-corrected chi connectivity index (χ4v) is 1.57. The van der Waals surface area contributed by atoms with Gasteiger partial charge in [-0.2, -0.15) is 0 Å². The molecule has 0 amide bonds. The Morgan fingerprint density at radius 2 is 2.14 bits per heavy atom. The molecule has 1 rings (SSSR count). The summed E-state index contributed by atoms with van der Waals surface area (Å²) in [6, 6.07) is 0. The monoisotopic (exact) mass is 198 g/mol. The molecule has 2 heteroatoms. The molecule has 0 aromatic carbocycles. The lowest BCUT2D eigenvalue weighted by atomic mass is 10.2. The Labute approximate surface area is 87.3 Å². The first-order valence-corrected chi connectivity index (χ1v) is 5.62. The second kappa shape index (κ2) is 5.52. The van der Waals surface area contributed by atoms with Gasteiger partial charge in [0.05, 0.1) is 6.61 Å². The first-order chi connectivity index (χ1) is 6.64. The van der Waals surface area contributed by atoms with Crippen LogP contribution in [0, 0.1) is 0 Å². The molecule has 0 aromatic rings. The van der Waals surface area contributed by atoms with Crippen LogP contribution in [-0.4, -0.2) is 18.5 Å². The maximum Gasteiger partial charge on any atom is 0.163 e. The summed E-state index contributed by atoms with van der Waals surface area (Å²) in [5, 5.41) is 0. The molecular formula is C12H22O2. The Hall–Kier alpha value is -0.340. The lowest BCUT2D eigenvalue weighted by Crippen LogP contribution is -2.20. The van der Waals surface area contributed by atoms with Crippen LogP contribution in [0.2, 0.25) is 0 Å². The molecule has 0 aromatic heterocycles. The summed E-state index contributed by atoms with van der Waals surface area (Å²) in [6.45, 7) is 6.83. The summed E-state index contributed by atoms with van der Waals surface area (Å²) in [4.78, 5) is 0. The molecule has 2 nitrogen and oxygen atoms in total. The molecule has 0 unspecified atom stereocenters. The van der Waals surface area contributed by atoms with Gasteiger partial charge in [-0.3, -0.25) is 0 Å². The van der Waals surface area contributed by atoms with Crippen molar-refractivity contribution in [3.8, 4) is 0 Å². The predicted molar refractivity (Wildman–Crippen MR) is 58.2 cm³/mol. The predicted octanol–water partition coefficient (Wildman–Crippen LogP) is 3.27. The second-order valence-electron chi connectivity index (χ2n) is 4.29. The zero-order chi connectivity index (χ0) is 10.4. The van der Waals surface area contributed by atoms with Gasteiger partial charge in [0.1, 0.15) is 6.10 Å². The van der Waals surface area contributed by atoms with Crippen molar-refractivity contribution in [1.29, 1.82) is 0 Å². The van der Waals surface area contributed by atoms with Gasteiger partial charge in [-0.1, -0.05) is 31.9 Å². The largest absolute Gasteiger partial charge is 0.347 e. The Bertz CT molecular complexity index is 185. The molecule has 82 valence electrons. The molecule has 1 saturated heterocycles. The van der Waals surface area contributed by atoms with Crippen LogP contribution in [0.5, 0.6) is 0 Å². The highest BCUT2D eigenvalue weighted by Gasteiger charge is 2.30. The average Bonchev–Trinajstić information content (AvgIpc) is 2.45. The molecule has 1 heterocycles. The highest BCUT2D eigenvalue weighted by atomic mass is 16.7. The van der Waals surface area contributed by atoms with Crippen molar-refractivity contribution < 1.29 is 9.47 Å². The molecule has 1 fully saturated rings. The van der Waals surface area contributed by atoms with Crippen LogP contribution in [-0.2, 0) is 9.47 Å². The van der Waals surface area contributed by atoms with Gasteiger partial charge in [-0.25, -0.2) is 0 Å². The van der Waals surface area contributed by atoms with E-state index in [0.717, 1.165) is 6.42 Å². The topological polar surface area (TPSA) is 18.5 Å². The molecule has 0 aliphatic carbocycles. The highest BCUT2D eigenvalue weighted by Crippen LogP contribution is 2.22. The van der Waals surface area contributed by atoms with E-state index in [1.807, 2.05) is 13.8 Å². The standard InChI is InChI=1S/C12H22O2/c1-4-5-6-7-8-9-11-10-13-12(2,3)14-11/h8-9,11H,4-7,10H2,1-3H3/b9-8-/t11-/m0/s1. The fraction of sp³-hybridized carbons (Fsp3) is 0.833. The van der Waals surface area contributed by atoms with Crippen molar-refractivity contribution in [2.45, 2.75) is 58.3 Å². The molecule has 1 aliphatic heterocycles. The first-order valence-electron chi connectivity index (χ1n) is 5.62. The maximum absolute atomic E-state index is 5.65. The van der Waals surface area contributed by atoms with E-state index in [9.17, 15) is 0 Å². The van der Waals surface area contributed by atoms with Crippen molar-refractivity contribution in [1.82, 2.24) is 0 Å². The molecule has 1 atom stereocenters. The first kappa shape index (κ1) is 11.7. The van der Waals surface area contributed by atoms with Crippen LogP contribution in [0.15, 0.2) is 12.2 Å². The lowest BCUT2D eigenvalue weighted by Gasteiger charge is -2.15. The normalized spacial score (nSPS) is 26.1. The highest BCUT2D eigenvalue weighted by molar-refractivity contribution is 4.92. The molecule has 0 saturated carbocycles. The van der Waals surface area contributed by atoms with Crippen molar-refractivity contribution in [2.75, 3.05) is 6.61 Å². The fourth-order valence-electron chi connectivity index (χ4n) is 1.57. The summed E-state index contributed by atoms with van der Waals surface area (Å²) >= 11 is 0. The van der Waals surface area contributed by atoms with E-state index in [2.05, 4.69) is 19.1 Å². The summed E-state index contributed by atoms with van der Waals surface area (Å²) < 4.78 is 11.1. The second-order valence-corrected chi connectivity index (χ2v) is 4.29. The van der Waals surface area contributed by atoms with Crippen LogP contribution < -0.4 is 0 Å². The number of rotatable bonds is 5. The van der Waals surface area contributed by atoms with Gasteiger partial charge in [0.2, 0.25) is 0 Å². The van der Waals surface area contributed by atoms with Gasteiger partial charge in [0.25, 0.3) is 0 Å². The molecule has 0 N–H and O–H groups in total. The van der Waals surface area contributed by atoms with Crippen LogP contribution in [0.1, 0.15) is 46.5 Å². The molecule has 0 spiro atoms. The minimum absolute atomic E-state index is 0.159. The van der Waals surface area contributed by atoms with Gasteiger partial charge in [-0.15, -0.1) is 0 Å². The van der Waals surface area contributed by atoms with E-state index in [1.165, 1.54) is 19.3 Å². The third-order valence-corrected chi connectivity index (χ3v) is 2.36. The SMILES string of the molecule is CCCCC/C=C\[C@H]1COC(C)(C)O1. The van der Waals surface area contributed by atoms with E-state index >= 15 is 0 Å². The molecule has 1 aliphatic rings. The van der Waals surface area contributed by atoms with E-state index < -0.39 is 5.79 Å². The summed E-state index contributed by atoms with van der Waals surface area (Å²) in [5.41, 5.74) is 0. The molecule has 0 bridgehead atoms. The number of hydrogen-bond acceptors (Lipinski definition) is 2. The number of ether oxygens (including phenoxy) is 2.